The molecular weight excluding hydrogens is 497 g/mol. The SMILES string of the molecule is CC1(CN2CCC(COc3ccc(-c4ccc(C(=O)N5C[C@H](O)C[C@@]5(C)C(N)=O)cc4F)cc3)CC2)CCC1. The number of hydrogen-bond donors (Lipinski definition) is 2. The molecular formula is C31H40FN3O4. The first-order valence-corrected chi connectivity index (χ1v) is 14.1. The number of primary amides is 1. The Morgan fingerprint density at radius 2 is 1.79 bits per heavy atom. The highest BCUT2D eigenvalue weighted by atomic mass is 19.1. The van der Waals surface area contributed by atoms with E-state index in [0.29, 0.717) is 29.1 Å². The fourth-order valence-electron chi connectivity index (χ4n) is 6.36. The van der Waals surface area contributed by atoms with Crippen molar-refractivity contribution in [2.45, 2.75) is 64.0 Å². The second-order valence-corrected chi connectivity index (χ2v) is 12.3. The van der Waals surface area contributed by atoms with E-state index in [4.69, 9.17) is 10.5 Å². The maximum absolute atomic E-state index is 15.1. The molecule has 0 aromatic heterocycles. The van der Waals surface area contributed by atoms with Crippen molar-refractivity contribution in [1.82, 2.24) is 9.80 Å². The van der Waals surface area contributed by atoms with E-state index in [1.54, 1.807) is 6.07 Å². The molecule has 2 aliphatic heterocycles. The molecule has 2 aromatic carbocycles. The van der Waals surface area contributed by atoms with Gasteiger partial charge in [-0.05, 0) is 86.9 Å². The van der Waals surface area contributed by atoms with E-state index in [9.17, 15) is 14.7 Å². The summed E-state index contributed by atoms with van der Waals surface area (Å²) in [7, 11) is 0. The highest BCUT2D eigenvalue weighted by Crippen LogP contribution is 2.41. The number of amides is 2. The summed E-state index contributed by atoms with van der Waals surface area (Å²) in [5, 5.41) is 10.0. The number of benzene rings is 2. The minimum atomic E-state index is -1.31. The van der Waals surface area contributed by atoms with Crippen LogP contribution >= 0.6 is 0 Å². The lowest BCUT2D eigenvalue weighted by molar-refractivity contribution is -0.126. The van der Waals surface area contributed by atoms with Gasteiger partial charge in [-0.25, -0.2) is 4.39 Å². The zero-order valence-corrected chi connectivity index (χ0v) is 23.0. The molecule has 0 bridgehead atoms. The van der Waals surface area contributed by atoms with Crippen LogP contribution < -0.4 is 10.5 Å². The van der Waals surface area contributed by atoms with Crippen molar-refractivity contribution in [1.29, 1.82) is 0 Å². The highest BCUT2D eigenvalue weighted by molar-refractivity contribution is 5.99. The van der Waals surface area contributed by atoms with Gasteiger partial charge in [0.25, 0.3) is 5.91 Å². The van der Waals surface area contributed by atoms with Crippen molar-refractivity contribution in [3.05, 3.63) is 53.8 Å². The number of likely N-dealkylation sites (tertiary alicyclic amines) is 2. The Morgan fingerprint density at radius 1 is 1.10 bits per heavy atom. The van der Waals surface area contributed by atoms with Crippen LogP contribution in [0.3, 0.4) is 0 Å². The molecule has 1 aliphatic carbocycles. The van der Waals surface area contributed by atoms with Gasteiger partial charge in [0.2, 0.25) is 5.91 Å². The van der Waals surface area contributed by atoms with Gasteiger partial charge in [-0.3, -0.25) is 9.59 Å². The van der Waals surface area contributed by atoms with Crippen molar-refractivity contribution < 1.29 is 23.8 Å². The monoisotopic (exact) mass is 537 g/mol. The summed E-state index contributed by atoms with van der Waals surface area (Å²) < 4.78 is 21.2. The van der Waals surface area contributed by atoms with Crippen LogP contribution in [0.5, 0.6) is 5.75 Å². The number of rotatable bonds is 8. The lowest BCUT2D eigenvalue weighted by atomic mass is 9.70. The van der Waals surface area contributed by atoms with Gasteiger partial charge in [0.15, 0.2) is 0 Å². The van der Waals surface area contributed by atoms with Gasteiger partial charge in [0, 0.05) is 30.6 Å². The van der Waals surface area contributed by atoms with Crippen molar-refractivity contribution in [2.24, 2.45) is 17.1 Å². The molecule has 39 heavy (non-hydrogen) atoms. The summed E-state index contributed by atoms with van der Waals surface area (Å²) in [6, 6.07) is 11.6. The zero-order chi connectivity index (χ0) is 27.8. The summed E-state index contributed by atoms with van der Waals surface area (Å²) in [5.41, 5.74) is 5.87. The Kier molecular flexibility index (Phi) is 7.71. The fourth-order valence-corrected chi connectivity index (χ4v) is 6.36. The number of nitrogens with zero attached hydrogens (tertiary/aromatic N) is 2. The van der Waals surface area contributed by atoms with E-state index in [1.807, 2.05) is 24.3 Å². The average Bonchev–Trinajstić information content (AvgIpc) is 3.22. The topological polar surface area (TPSA) is 96.1 Å². The van der Waals surface area contributed by atoms with Crippen LogP contribution in [0.1, 0.15) is 62.7 Å². The van der Waals surface area contributed by atoms with Gasteiger partial charge in [0.1, 0.15) is 17.1 Å². The minimum Gasteiger partial charge on any atom is -0.493 e. The number of aliphatic hydroxyl groups excluding tert-OH is 1. The number of carbonyl (C=O) groups is 2. The Hall–Kier alpha value is -2.97. The number of ether oxygens (including phenoxy) is 1. The largest absolute Gasteiger partial charge is 0.493 e. The smallest absolute Gasteiger partial charge is 0.254 e. The molecule has 0 spiro atoms. The third kappa shape index (κ3) is 5.82. The zero-order valence-electron chi connectivity index (χ0n) is 23.0. The molecule has 3 N–H and O–H groups in total. The Balaban J connectivity index is 1.16. The quantitative estimate of drug-likeness (QED) is 0.526. The van der Waals surface area contributed by atoms with Crippen LogP contribution in [0.4, 0.5) is 4.39 Å². The molecule has 1 saturated carbocycles. The van der Waals surface area contributed by atoms with Gasteiger partial charge in [-0.1, -0.05) is 31.5 Å². The van der Waals surface area contributed by atoms with E-state index in [0.717, 1.165) is 31.7 Å². The summed E-state index contributed by atoms with van der Waals surface area (Å²) >= 11 is 0. The molecule has 2 atom stereocenters. The molecule has 2 aromatic rings. The molecule has 2 heterocycles. The first-order chi connectivity index (χ1) is 18.6. The van der Waals surface area contributed by atoms with E-state index >= 15 is 4.39 Å². The molecule has 7 nitrogen and oxygen atoms in total. The number of halogens is 1. The van der Waals surface area contributed by atoms with Crippen LogP contribution in [0.25, 0.3) is 11.1 Å². The molecule has 5 rings (SSSR count). The van der Waals surface area contributed by atoms with Gasteiger partial charge in [0.05, 0.1) is 12.7 Å². The number of aliphatic hydroxyl groups is 1. The number of β-amino-alcohol motifs (C(OH)–C–C–N with tert-alkyl or cyclic N) is 1. The summed E-state index contributed by atoms with van der Waals surface area (Å²) in [6.07, 6.45) is 5.60. The predicted octanol–water partition coefficient (Wildman–Crippen LogP) is 4.22. The second-order valence-electron chi connectivity index (χ2n) is 12.3. The lowest BCUT2D eigenvalue weighted by Gasteiger charge is -2.44. The molecule has 3 aliphatic rings. The standard InChI is InChI=1S/C31H40FN3O4/c1-30(12-3-13-30)20-34-14-10-21(11-15-34)19-39-25-7-4-22(5-8-25)26-9-6-23(16-27(26)32)28(37)35-18-24(36)17-31(35,2)29(33)38/h4-9,16,21,24,36H,3,10-15,17-20H2,1-2H3,(H2,33,38)/t24-,31+/m1/s1. The highest BCUT2D eigenvalue weighted by Gasteiger charge is 2.48. The Bertz CT molecular complexity index is 1210. The first-order valence-electron chi connectivity index (χ1n) is 14.1. The van der Waals surface area contributed by atoms with Crippen LogP contribution in [-0.2, 0) is 4.79 Å². The van der Waals surface area contributed by atoms with E-state index in [1.165, 1.54) is 49.8 Å². The van der Waals surface area contributed by atoms with E-state index in [-0.39, 0.29) is 18.5 Å². The Morgan fingerprint density at radius 3 is 2.38 bits per heavy atom. The Labute approximate surface area is 230 Å². The number of hydrogen-bond acceptors (Lipinski definition) is 5. The summed E-state index contributed by atoms with van der Waals surface area (Å²) in [6.45, 7) is 8.10. The number of nitrogens with two attached hydrogens (primary N) is 1. The molecule has 2 amide bonds. The van der Waals surface area contributed by atoms with Crippen LogP contribution in [0.15, 0.2) is 42.5 Å². The van der Waals surface area contributed by atoms with Gasteiger partial charge >= 0.3 is 0 Å². The van der Waals surface area contributed by atoms with Crippen LogP contribution in [0, 0.1) is 17.2 Å². The third-order valence-electron chi connectivity index (χ3n) is 9.14. The normalized spacial score (nSPS) is 25.3. The molecule has 210 valence electrons. The maximum atomic E-state index is 15.1. The van der Waals surface area contributed by atoms with Crippen molar-refractivity contribution in [3.63, 3.8) is 0 Å². The minimum absolute atomic E-state index is 0.0261. The van der Waals surface area contributed by atoms with Crippen molar-refractivity contribution in [2.75, 3.05) is 32.8 Å². The molecule has 2 saturated heterocycles. The first kappa shape index (κ1) is 27.6. The lowest BCUT2D eigenvalue weighted by Crippen LogP contribution is -2.53. The third-order valence-corrected chi connectivity index (χ3v) is 9.14. The van der Waals surface area contributed by atoms with Crippen molar-refractivity contribution >= 4 is 11.8 Å². The van der Waals surface area contributed by atoms with Gasteiger partial charge < -0.3 is 25.4 Å². The van der Waals surface area contributed by atoms with Crippen LogP contribution in [0.2, 0.25) is 0 Å². The number of carbonyl (C=O) groups excluding carboxylic acids is 2. The summed E-state index contributed by atoms with van der Waals surface area (Å²) in [4.78, 5) is 28.9. The molecule has 8 heteroatoms. The van der Waals surface area contributed by atoms with Crippen LogP contribution in [-0.4, -0.2) is 71.1 Å². The number of piperidine rings is 1. The van der Waals surface area contributed by atoms with E-state index < -0.39 is 29.3 Å². The molecule has 0 radical (unpaired) electrons. The van der Waals surface area contributed by atoms with Gasteiger partial charge in [-0.15, -0.1) is 0 Å². The second kappa shape index (κ2) is 10.9. The van der Waals surface area contributed by atoms with Crippen molar-refractivity contribution in [3.8, 4) is 16.9 Å². The fraction of sp³-hybridized carbons (Fsp3) is 0.548. The average molecular weight is 538 g/mol. The van der Waals surface area contributed by atoms with Gasteiger partial charge in [-0.2, -0.15) is 0 Å². The predicted molar refractivity (Wildman–Crippen MR) is 148 cm³/mol. The van der Waals surface area contributed by atoms with E-state index in [2.05, 4.69) is 11.8 Å². The molecule has 3 fully saturated rings. The maximum Gasteiger partial charge on any atom is 0.254 e. The molecule has 0 unspecified atom stereocenters. The summed E-state index contributed by atoms with van der Waals surface area (Å²) in [5.74, 6) is -0.474.